The van der Waals surface area contributed by atoms with Crippen LogP contribution in [0.5, 0.6) is 0 Å². The Hall–Kier alpha value is -3.06. The first kappa shape index (κ1) is 27.8. The van der Waals surface area contributed by atoms with Crippen LogP contribution in [0.3, 0.4) is 0 Å². The number of hydrogen-bond acceptors (Lipinski definition) is 1. The molecule has 1 heterocycles. The summed E-state index contributed by atoms with van der Waals surface area (Å²) in [6, 6.07) is 29.7. The van der Waals surface area contributed by atoms with Crippen molar-refractivity contribution in [2.24, 2.45) is 59.2 Å². The summed E-state index contributed by atoms with van der Waals surface area (Å²) in [5.74, 6) is 11.3. The summed E-state index contributed by atoms with van der Waals surface area (Å²) in [4.78, 5) is 0. The van der Waals surface area contributed by atoms with Crippen LogP contribution >= 0.6 is 0 Å². The predicted octanol–water partition coefficient (Wildman–Crippen LogP) is 12.8. The van der Waals surface area contributed by atoms with Crippen LogP contribution in [-0.4, -0.2) is 0 Å². The third-order valence-electron chi connectivity index (χ3n) is 15.6. The minimum absolute atomic E-state index is 0.707. The first-order chi connectivity index (χ1) is 23.3. The summed E-state index contributed by atoms with van der Waals surface area (Å²) in [5, 5.41) is 4.98. The van der Waals surface area contributed by atoms with E-state index in [-0.39, 0.29) is 0 Å². The van der Waals surface area contributed by atoms with Gasteiger partial charge in [-0.25, -0.2) is 0 Å². The van der Waals surface area contributed by atoms with Gasteiger partial charge in [0.1, 0.15) is 11.2 Å². The summed E-state index contributed by atoms with van der Waals surface area (Å²) < 4.78 is 6.67. The minimum atomic E-state index is 0.707. The molecule has 6 fully saturated rings. The molecular weight excluding hydrogens is 569 g/mol. The van der Waals surface area contributed by atoms with Gasteiger partial charge in [0.15, 0.2) is 0 Å². The molecule has 47 heavy (non-hydrogen) atoms. The van der Waals surface area contributed by atoms with E-state index in [9.17, 15) is 0 Å². The molecule has 0 radical (unpaired) electrons. The summed E-state index contributed by atoms with van der Waals surface area (Å²) in [5.41, 5.74) is 6.19. The monoisotopic (exact) mass is 618 g/mol. The average Bonchev–Trinajstić information content (AvgIpc) is 3.51. The molecule has 11 unspecified atom stereocenters. The third kappa shape index (κ3) is 4.13. The molecule has 1 heteroatoms. The Labute approximate surface area is 280 Å². The van der Waals surface area contributed by atoms with E-state index in [0.29, 0.717) is 5.92 Å². The van der Waals surface area contributed by atoms with Crippen LogP contribution in [0.4, 0.5) is 0 Å². The van der Waals surface area contributed by atoms with Crippen LogP contribution in [-0.2, 0) is 0 Å². The van der Waals surface area contributed by atoms with Crippen LogP contribution in [0.15, 0.2) is 83.3 Å². The standard InChI is InChI=1S/C46H50O/c1-2-10-29-26-43-42(25-28(29)9-1)40-20-6-15-32(46(40)47-43)31-12-5-11-27(23-31)30-21-22-35-38-18-7-16-36-33-13-3-4-14-34(33)37-17-8-19-39(41(35)24-30)45(37)44(36)38/h1-2,5-6,9-12,15,20,23,25-26,30,33-39,41,44-45H,3-4,7-8,13-14,16-19,21-22,24H2. The lowest BCUT2D eigenvalue weighted by molar-refractivity contribution is -0.188. The second kappa shape index (κ2) is 10.7. The summed E-state index contributed by atoms with van der Waals surface area (Å²) in [6.45, 7) is 0. The Kier molecular flexibility index (Phi) is 6.35. The molecule has 0 aliphatic heterocycles. The molecule has 0 spiro atoms. The lowest BCUT2D eigenvalue weighted by atomic mass is 9.37. The van der Waals surface area contributed by atoms with Gasteiger partial charge in [0.25, 0.3) is 0 Å². The van der Waals surface area contributed by atoms with Crippen molar-refractivity contribution in [3.63, 3.8) is 0 Å². The zero-order chi connectivity index (χ0) is 30.6. The second-order valence-corrected chi connectivity index (χ2v) is 17.2. The molecule has 6 aliphatic carbocycles. The molecule has 1 aromatic heterocycles. The van der Waals surface area contributed by atoms with Crippen molar-refractivity contribution in [2.75, 3.05) is 0 Å². The van der Waals surface area contributed by atoms with E-state index >= 15 is 0 Å². The van der Waals surface area contributed by atoms with Crippen molar-refractivity contribution >= 4 is 32.7 Å². The quantitative estimate of drug-likeness (QED) is 0.192. The van der Waals surface area contributed by atoms with Gasteiger partial charge in [-0.15, -0.1) is 0 Å². The zero-order valence-corrected chi connectivity index (χ0v) is 28.0. The molecule has 0 amide bonds. The number of rotatable bonds is 2. The first-order valence-corrected chi connectivity index (χ1v) is 19.7. The van der Waals surface area contributed by atoms with Gasteiger partial charge in [0, 0.05) is 16.3 Å². The molecule has 6 aliphatic rings. The van der Waals surface area contributed by atoms with Crippen LogP contribution in [0.1, 0.15) is 95.0 Å². The summed E-state index contributed by atoms with van der Waals surface area (Å²) in [6.07, 6.45) is 19.9. The van der Waals surface area contributed by atoms with E-state index in [1.54, 1.807) is 44.1 Å². The maximum absolute atomic E-state index is 6.67. The van der Waals surface area contributed by atoms with Crippen LogP contribution in [0.2, 0.25) is 0 Å². The average molecular weight is 619 g/mol. The van der Waals surface area contributed by atoms with E-state index < -0.39 is 0 Å². The highest BCUT2D eigenvalue weighted by molar-refractivity contribution is 6.13. The second-order valence-electron chi connectivity index (χ2n) is 17.2. The molecule has 5 aromatic rings. The number of fused-ring (bicyclic) bond motifs is 10. The van der Waals surface area contributed by atoms with Gasteiger partial charge in [-0.3, -0.25) is 0 Å². The van der Waals surface area contributed by atoms with Crippen LogP contribution < -0.4 is 0 Å². The fourth-order valence-corrected chi connectivity index (χ4v) is 14.2. The highest BCUT2D eigenvalue weighted by atomic mass is 16.3. The maximum Gasteiger partial charge on any atom is 0.143 e. The van der Waals surface area contributed by atoms with Gasteiger partial charge in [0.05, 0.1) is 0 Å². The van der Waals surface area contributed by atoms with Crippen molar-refractivity contribution in [1.82, 2.24) is 0 Å². The maximum atomic E-state index is 6.67. The Balaban J connectivity index is 0.936. The molecule has 0 bridgehead atoms. The minimum Gasteiger partial charge on any atom is -0.455 e. The van der Waals surface area contributed by atoms with E-state index in [0.717, 1.165) is 70.3 Å². The largest absolute Gasteiger partial charge is 0.455 e. The van der Waals surface area contributed by atoms with Crippen LogP contribution in [0.25, 0.3) is 43.8 Å². The fraction of sp³-hybridized carbons (Fsp3) is 0.522. The summed E-state index contributed by atoms with van der Waals surface area (Å²) >= 11 is 0. The molecule has 11 atom stereocenters. The fourth-order valence-electron chi connectivity index (χ4n) is 14.2. The van der Waals surface area contributed by atoms with Crippen molar-refractivity contribution in [3.05, 3.63) is 84.4 Å². The molecule has 0 N–H and O–H groups in total. The molecule has 240 valence electrons. The first-order valence-electron chi connectivity index (χ1n) is 19.7. The third-order valence-corrected chi connectivity index (χ3v) is 15.6. The van der Waals surface area contributed by atoms with E-state index in [2.05, 4.69) is 78.9 Å². The van der Waals surface area contributed by atoms with E-state index in [1.165, 1.54) is 77.6 Å². The van der Waals surface area contributed by atoms with Crippen molar-refractivity contribution in [1.29, 1.82) is 0 Å². The molecule has 0 saturated heterocycles. The van der Waals surface area contributed by atoms with E-state index in [4.69, 9.17) is 4.42 Å². The Morgan fingerprint density at radius 3 is 1.85 bits per heavy atom. The van der Waals surface area contributed by atoms with Gasteiger partial charge in [0.2, 0.25) is 0 Å². The van der Waals surface area contributed by atoms with E-state index in [1.807, 2.05) is 0 Å². The Morgan fingerprint density at radius 2 is 1.11 bits per heavy atom. The van der Waals surface area contributed by atoms with Gasteiger partial charge in [-0.05, 0) is 157 Å². The SMILES string of the molecule is c1cc(-c2cccc3c2oc2cc4ccccc4cc23)cc(C2CCC3C(C2)C2CCCC4C5CCCCC5C5CCCC3C5C42)c1. The molecule has 4 aromatic carbocycles. The highest BCUT2D eigenvalue weighted by Crippen LogP contribution is 2.69. The number of benzene rings is 4. The van der Waals surface area contributed by atoms with Crippen molar-refractivity contribution < 1.29 is 4.42 Å². The van der Waals surface area contributed by atoms with Gasteiger partial charge in [-0.1, -0.05) is 92.4 Å². The zero-order valence-electron chi connectivity index (χ0n) is 28.0. The predicted molar refractivity (Wildman–Crippen MR) is 194 cm³/mol. The van der Waals surface area contributed by atoms with Gasteiger partial charge < -0.3 is 4.42 Å². The lowest BCUT2D eigenvalue weighted by Gasteiger charge is -2.67. The molecule has 6 saturated carbocycles. The van der Waals surface area contributed by atoms with Crippen molar-refractivity contribution in [3.8, 4) is 11.1 Å². The molecule has 1 nitrogen and oxygen atoms in total. The Bertz CT molecular complexity index is 1980. The van der Waals surface area contributed by atoms with Gasteiger partial charge in [-0.2, -0.15) is 0 Å². The van der Waals surface area contributed by atoms with Gasteiger partial charge >= 0.3 is 0 Å². The normalized spacial score (nSPS) is 37.7. The topological polar surface area (TPSA) is 13.1 Å². The highest BCUT2D eigenvalue weighted by Gasteiger charge is 2.62. The van der Waals surface area contributed by atoms with Crippen molar-refractivity contribution in [2.45, 2.75) is 89.4 Å². The number of para-hydroxylation sites is 1. The lowest BCUT2D eigenvalue weighted by Crippen LogP contribution is -2.61. The molecule has 11 rings (SSSR count). The smallest absolute Gasteiger partial charge is 0.143 e. The number of hydrogen-bond donors (Lipinski definition) is 0. The summed E-state index contributed by atoms with van der Waals surface area (Å²) in [7, 11) is 0. The number of furan rings is 1. The Morgan fingerprint density at radius 1 is 0.468 bits per heavy atom. The molecular formula is C46H50O. The van der Waals surface area contributed by atoms with Crippen LogP contribution in [0, 0.1) is 59.2 Å².